The van der Waals surface area contributed by atoms with Crippen molar-refractivity contribution in [2.24, 2.45) is 0 Å². The molecule has 0 aliphatic carbocycles. The third-order valence-corrected chi connectivity index (χ3v) is 4.35. The Bertz CT molecular complexity index is 1090. The van der Waals surface area contributed by atoms with E-state index in [0.29, 0.717) is 16.1 Å². The highest BCUT2D eigenvalue weighted by atomic mass is 35.5. The van der Waals surface area contributed by atoms with E-state index in [4.69, 9.17) is 27.9 Å². The molecule has 1 aromatic carbocycles. The number of ether oxygens (including phenoxy) is 1. The Morgan fingerprint density at radius 3 is 2.45 bits per heavy atom. The number of carbonyl (C=O) groups excluding carboxylic acids is 2. The zero-order chi connectivity index (χ0) is 21.3. The first-order valence-electron chi connectivity index (χ1n) is 8.67. The number of nitrogens with one attached hydrogen (secondary N) is 1. The fourth-order valence-corrected chi connectivity index (χ4v) is 3.21. The summed E-state index contributed by atoms with van der Waals surface area (Å²) < 4.78 is 19.7. The summed E-state index contributed by atoms with van der Waals surface area (Å²) in [4.78, 5) is 24.9. The summed E-state index contributed by atoms with van der Waals surface area (Å²) in [7, 11) is 0. The van der Waals surface area contributed by atoms with E-state index in [1.165, 1.54) is 40.9 Å². The van der Waals surface area contributed by atoms with Crippen LogP contribution >= 0.6 is 23.2 Å². The quantitative estimate of drug-likeness (QED) is 0.452. The van der Waals surface area contributed by atoms with Gasteiger partial charge < -0.3 is 10.1 Å². The molecular formula is C20H18Cl2FN3O3. The average Bonchev–Trinajstić information content (AvgIpc) is 2.98. The van der Waals surface area contributed by atoms with Crippen LogP contribution in [0.5, 0.6) is 0 Å². The molecule has 0 saturated carbocycles. The number of fused-ring (bicyclic) bond motifs is 1. The Labute approximate surface area is 176 Å². The molecule has 0 spiro atoms. The summed E-state index contributed by atoms with van der Waals surface area (Å²) >= 11 is 12.3. The lowest BCUT2D eigenvalue weighted by Gasteiger charge is -2.19. The summed E-state index contributed by atoms with van der Waals surface area (Å²) in [6, 6.07) is 8.53. The van der Waals surface area contributed by atoms with Crippen molar-refractivity contribution in [3.63, 3.8) is 0 Å². The summed E-state index contributed by atoms with van der Waals surface area (Å²) in [6.07, 6.45) is -0.721. The molecule has 6 nitrogen and oxygen atoms in total. The van der Waals surface area contributed by atoms with E-state index in [1.807, 2.05) is 0 Å². The second-order valence-electron chi connectivity index (χ2n) is 7.40. The smallest absolute Gasteiger partial charge is 0.407 e. The summed E-state index contributed by atoms with van der Waals surface area (Å²) in [5.74, 6) is -0.921. The van der Waals surface area contributed by atoms with Gasteiger partial charge in [-0.25, -0.2) is 13.7 Å². The number of benzene rings is 1. The number of amides is 1. The Balaban J connectivity index is 2.02. The molecule has 3 rings (SSSR count). The molecule has 0 fully saturated rings. The molecule has 0 atom stereocenters. The van der Waals surface area contributed by atoms with Gasteiger partial charge in [0.25, 0.3) is 0 Å². The molecule has 0 saturated heterocycles. The number of Topliss-reactive ketones (excluding diaryl/α,β-unsaturated/α-hetero) is 1. The number of carbonyl (C=O) groups is 2. The van der Waals surface area contributed by atoms with Gasteiger partial charge in [-0.1, -0.05) is 23.2 Å². The van der Waals surface area contributed by atoms with Crippen LogP contribution in [0, 0.1) is 5.82 Å². The molecule has 152 valence electrons. The predicted molar refractivity (Wildman–Crippen MR) is 109 cm³/mol. The normalized spacial score (nSPS) is 11.5. The lowest BCUT2D eigenvalue weighted by molar-refractivity contribution is 0.0834. The molecule has 2 heterocycles. The third kappa shape index (κ3) is 4.86. The maximum atomic E-state index is 13.3. The van der Waals surface area contributed by atoms with Crippen LogP contribution < -0.4 is 5.32 Å². The SMILES string of the molecule is CC(C)(C)NC(=O)OCC(=O)c1c(-c2ccc(F)cc2)nn2c(Cl)cc(Cl)cc12. The van der Waals surface area contributed by atoms with Gasteiger partial charge in [0, 0.05) is 16.1 Å². The largest absolute Gasteiger partial charge is 0.441 e. The highest BCUT2D eigenvalue weighted by molar-refractivity contribution is 6.34. The number of pyridine rings is 1. The molecule has 2 aromatic heterocycles. The molecular weight excluding hydrogens is 420 g/mol. The third-order valence-electron chi connectivity index (χ3n) is 3.86. The second kappa shape index (κ2) is 8.00. The first-order chi connectivity index (χ1) is 13.5. The van der Waals surface area contributed by atoms with Gasteiger partial charge in [-0.3, -0.25) is 4.79 Å². The molecule has 0 aliphatic heterocycles. The van der Waals surface area contributed by atoms with Crippen molar-refractivity contribution >= 4 is 40.6 Å². The summed E-state index contributed by atoms with van der Waals surface area (Å²) in [6.45, 7) is 4.86. The molecule has 29 heavy (non-hydrogen) atoms. The zero-order valence-electron chi connectivity index (χ0n) is 15.9. The molecule has 1 N–H and O–H groups in total. The van der Waals surface area contributed by atoms with E-state index in [9.17, 15) is 14.0 Å². The lowest BCUT2D eigenvalue weighted by Crippen LogP contribution is -2.41. The molecule has 3 aromatic rings. The maximum Gasteiger partial charge on any atom is 0.407 e. The number of aromatic nitrogens is 2. The van der Waals surface area contributed by atoms with Gasteiger partial charge in [0.1, 0.15) is 16.7 Å². The van der Waals surface area contributed by atoms with Crippen LogP contribution in [0.3, 0.4) is 0 Å². The van der Waals surface area contributed by atoms with Gasteiger partial charge in [-0.05, 0) is 57.2 Å². The highest BCUT2D eigenvalue weighted by Crippen LogP contribution is 2.31. The van der Waals surface area contributed by atoms with Crippen LogP contribution in [-0.4, -0.2) is 33.6 Å². The van der Waals surface area contributed by atoms with Gasteiger partial charge in [-0.15, -0.1) is 0 Å². The molecule has 0 bridgehead atoms. The second-order valence-corrected chi connectivity index (χ2v) is 8.22. The first kappa shape index (κ1) is 21.1. The fraction of sp³-hybridized carbons (Fsp3) is 0.250. The summed E-state index contributed by atoms with van der Waals surface area (Å²) in [5.41, 5.74) is 0.796. The number of hydrogen-bond acceptors (Lipinski definition) is 4. The van der Waals surface area contributed by atoms with E-state index in [2.05, 4.69) is 10.4 Å². The summed E-state index contributed by atoms with van der Waals surface area (Å²) in [5, 5.41) is 7.51. The standard InChI is InChI=1S/C20H18Cl2FN3O3/c1-20(2,3)24-19(28)29-10-15(27)17-14-8-12(21)9-16(22)26(14)25-18(17)11-4-6-13(23)7-5-11/h4-9H,10H2,1-3H3,(H,24,28). The number of hydrogen-bond donors (Lipinski definition) is 1. The fourth-order valence-electron chi connectivity index (χ4n) is 2.70. The Hall–Kier alpha value is -2.64. The van der Waals surface area contributed by atoms with Gasteiger partial charge >= 0.3 is 6.09 Å². The van der Waals surface area contributed by atoms with Gasteiger partial charge in [-0.2, -0.15) is 5.10 Å². The molecule has 0 unspecified atom stereocenters. The number of halogens is 3. The van der Waals surface area contributed by atoms with Crippen LogP contribution in [0.4, 0.5) is 9.18 Å². The Morgan fingerprint density at radius 1 is 1.17 bits per heavy atom. The van der Waals surface area contributed by atoms with E-state index in [-0.39, 0.29) is 16.4 Å². The topological polar surface area (TPSA) is 72.7 Å². The zero-order valence-corrected chi connectivity index (χ0v) is 17.4. The minimum Gasteiger partial charge on any atom is -0.441 e. The molecule has 1 amide bonds. The van der Waals surface area contributed by atoms with Crippen molar-refractivity contribution in [3.8, 4) is 11.3 Å². The number of ketones is 1. The van der Waals surface area contributed by atoms with Crippen LogP contribution in [0.25, 0.3) is 16.8 Å². The predicted octanol–water partition coefficient (Wildman–Crippen LogP) is 5.15. The van der Waals surface area contributed by atoms with Crippen molar-refractivity contribution in [1.82, 2.24) is 14.9 Å². The van der Waals surface area contributed by atoms with E-state index in [1.54, 1.807) is 20.8 Å². The van der Waals surface area contributed by atoms with Gasteiger partial charge in [0.15, 0.2) is 6.61 Å². The van der Waals surface area contributed by atoms with Crippen molar-refractivity contribution in [2.75, 3.05) is 6.61 Å². The highest BCUT2D eigenvalue weighted by Gasteiger charge is 2.24. The van der Waals surface area contributed by atoms with Crippen LogP contribution in [-0.2, 0) is 4.74 Å². The minimum absolute atomic E-state index is 0.171. The maximum absolute atomic E-state index is 13.3. The van der Waals surface area contributed by atoms with Crippen LogP contribution in [0.15, 0.2) is 36.4 Å². The lowest BCUT2D eigenvalue weighted by atomic mass is 10.0. The van der Waals surface area contributed by atoms with E-state index >= 15 is 0 Å². The minimum atomic E-state index is -0.721. The van der Waals surface area contributed by atoms with Gasteiger partial charge in [0.2, 0.25) is 5.78 Å². The van der Waals surface area contributed by atoms with Gasteiger partial charge in [0.05, 0.1) is 11.1 Å². The number of alkyl carbamates (subject to hydrolysis) is 1. The van der Waals surface area contributed by atoms with E-state index in [0.717, 1.165) is 0 Å². The van der Waals surface area contributed by atoms with Crippen LogP contribution in [0.2, 0.25) is 10.2 Å². The van der Waals surface area contributed by atoms with E-state index < -0.39 is 29.8 Å². The van der Waals surface area contributed by atoms with Crippen molar-refractivity contribution in [3.05, 3.63) is 58.0 Å². The van der Waals surface area contributed by atoms with Crippen molar-refractivity contribution in [1.29, 1.82) is 0 Å². The number of rotatable bonds is 4. The first-order valence-corrected chi connectivity index (χ1v) is 9.42. The van der Waals surface area contributed by atoms with Crippen molar-refractivity contribution < 1.29 is 18.7 Å². The number of nitrogens with zero attached hydrogens (tertiary/aromatic N) is 2. The Kier molecular flexibility index (Phi) is 5.82. The molecule has 0 aliphatic rings. The monoisotopic (exact) mass is 437 g/mol. The van der Waals surface area contributed by atoms with Crippen molar-refractivity contribution in [2.45, 2.75) is 26.3 Å². The average molecular weight is 438 g/mol. The van der Waals surface area contributed by atoms with Crippen LogP contribution in [0.1, 0.15) is 31.1 Å². The Morgan fingerprint density at radius 2 is 1.83 bits per heavy atom. The molecule has 9 heteroatoms. The molecule has 0 radical (unpaired) electrons.